The Kier molecular flexibility index (Phi) is 2.09. The maximum Gasteiger partial charge on any atom is 0.139 e. The van der Waals surface area contributed by atoms with E-state index in [-0.39, 0.29) is 5.41 Å². The second-order valence-corrected chi connectivity index (χ2v) is 6.53. The van der Waals surface area contributed by atoms with Crippen molar-refractivity contribution in [3.05, 3.63) is 58.1 Å². The third kappa shape index (κ3) is 1.35. The van der Waals surface area contributed by atoms with Gasteiger partial charge in [-0.05, 0) is 29.8 Å². The summed E-state index contributed by atoms with van der Waals surface area (Å²) in [5, 5.41) is 1.23. The van der Waals surface area contributed by atoms with Gasteiger partial charge in [-0.1, -0.05) is 48.0 Å². The lowest BCUT2D eigenvalue weighted by Crippen LogP contribution is -2.14. The Bertz CT molecular complexity index is 811. The zero-order valence-corrected chi connectivity index (χ0v) is 12.4. The van der Waals surface area contributed by atoms with E-state index in [1.54, 1.807) is 0 Å². The highest BCUT2D eigenvalue weighted by atomic mass is 79.9. The van der Waals surface area contributed by atoms with Crippen molar-refractivity contribution >= 4 is 26.9 Å². The molecular formula is C17H13BrO. The minimum Gasteiger partial charge on any atom is -0.456 e. The quantitative estimate of drug-likeness (QED) is 0.534. The van der Waals surface area contributed by atoms with Crippen LogP contribution in [0.1, 0.15) is 25.0 Å². The Hall–Kier alpha value is -1.54. The normalized spacial score (nSPS) is 15.5. The molecular weight excluding hydrogens is 300 g/mol. The van der Waals surface area contributed by atoms with Crippen LogP contribution in [0.4, 0.5) is 0 Å². The number of para-hydroxylation sites is 1. The maximum atomic E-state index is 6.10. The highest BCUT2D eigenvalue weighted by molar-refractivity contribution is 9.10. The Morgan fingerprint density at radius 1 is 1.05 bits per heavy atom. The smallest absolute Gasteiger partial charge is 0.139 e. The summed E-state index contributed by atoms with van der Waals surface area (Å²) in [6, 6.07) is 14.7. The van der Waals surface area contributed by atoms with E-state index in [9.17, 15) is 0 Å². The number of hydrogen-bond donors (Lipinski definition) is 0. The fraction of sp³-hybridized carbons (Fsp3) is 0.176. The van der Waals surface area contributed by atoms with Gasteiger partial charge < -0.3 is 4.42 Å². The van der Waals surface area contributed by atoms with Gasteiger partial charge in [0.2, 0.25) is 0 Å². The standard InChI is InChI=1S/C17H13BrO/c1-17(2)13-9-10(18)7-8-11(13)16-15(17)12-5-3-4-6-14(12)19-16/h3-9H,1-2H3. The SMILES string of the molecule is CC1(C)c2cc(Br)ccc2-c2oc3ccccc3c21. The topological polar surface area (TPSA) is 13.1 Å². The number of halogens is 1. The fourth-order valence-corrected chi connectivity index (χ4v) is 3.58. The van der Waals surface area contributed by atoms with Crippen LogP contribution in [0.3, 0.4) is 0 Å². The van der Waals surface area contributed by atoms with Crippen molar-refractivity contribution in [2.75, 3.05) is 0 Å². The highest BCUT2D eigenvalue weighted by Gasteiger charge is 2.40. The van der Waals surface area contributed by atoms with Gasteiger partial charge in [0.05, 0.1) is 0 Å². The molecule has 3 aromatic rings. The molecule has 0 fully saturated rings. The van der Waals surface area contributed by atoms with E-state index in [4.69, 9.17) is 4.42 Å². The third-order valence-corrected chi connectivity index (χ3v) is 4.61. The lowest BCUT2D eigenvalue weighted by Gasteiger charge is -2.20. The van der Waals surface area contributed by atoms with Gasteiger partial charge in [-0.2, -0.15) is 0 Å². The average Bonchev–Trinajstić information content (AvgIpc) is 2.86. The summed E-state index contributed by atoms with van der Waals surface area (Å²) in [5.41, 5.74) is 4.84. The molecule has 0 saturated heterocycles. The lowest BCUT2D eigenvalue weighted by atomic mass is 9.81. The van der Waals surface area contributed by atoms with Crippen molar-refractivity contribution in [2.45, 2.75) is 19.3 Å². The van der Waals surface area contributed by atoms with Crippen LogP contribution in [0.2, 0.25) is 0 Å². The molecule has 4 rings (SSSR count). The molecule has 19 heavy (non-hydrogen) atoms. The minimum absolute atomic E-state index is 0.0128. The number of fused-ring (bicyclic) bond motifs is 5. The van der Waals surface area contributed by atoms with Gasteiger partial charge in [-0.25, -0.2) is 0 Å². The molecule has 1 aliphatic carbocycles. The second-order valence-electron chi connectivity index (χ2n) is 5.62. The van der Waals surface area contributed by atoms with E-state index in [1.807, 2.05) is 12.1 Å². The van der Waals surface area contributed by atoms with E-state index < -0.39 is 0 Å². The monoisotopic (exact) mass is 312 g/mol. The Labute approximate surface area is 120 Å². The first kappa shape index (κ1) is 11.3. The largest absolute Gasteiger partial charge is 0.456 e. The first-order valence-electron chi connectivity index (χ1n) is 6.41. The molecule has 0 unspecified atom stereocenters. The van der Waals surface area contributed by atoms with Crippen LogP contribution in [0.15, 0.2) is 51.4 Å². The van der Waals surface area contributed by atoms with Gasteiger partial charge in [0.15, 0.2) is 0 Å². The van der Waals surface area contributed by atoms with E-state index in [0.717, 1.165) is 15.8 Å². The molecule has 0 radical (unpaired) electrons. The molecule has 0 atom stereocenters. The number of rotatable bonds is 0. The summed E-state index contributed by atoms with van der Waals surface area (Å²) in [7, 11) is 0. The Balaban J connectivity index is 2.17. The van der Waals surface area contributed by atoms with Crippen LogP contribution < -0.4 is 0 Å². The van der Waals surface area contributed by atoms with Crippen LogP contribution in [0, 0.1) is 0 Å². The molecule has 1 aromatic heterocycles. The highest BCUT2D eigenvalue weighted by Crippen LogP contribution is 2.53. The van der Waals surface area contributed by atoms with Crippen molar-refractivity contribution in [2.24, 2.45) is 0 Å². The Morgan fingerprint density at radius 3 is 2.68 bits per heavy atom. The first-order valence-corrected chi connectivity index (χ1v) is 7.21. The fourth-order valence-electron chi connectivity index (χ4n) is 3.22. The zero-order valence-electron chi connectivity index (χ0n) is 10.8. The molecule has 94 valence electrons. The predicted molar refractivity (Wildman–Crippen MR) is 81.5 cm³/mol. The minimum atomic E-state index is -0.0128. The van der Waals surface area contributed by atoms with Crippen LogP contribution in [-0.4, -0.2) is 0 Å². The van der Waals surface area contributed by atoms with E-state index in [0.29, 0.717) is 0 Å². The van der Waals surface area contributed by atoms with Crippen LogP contribution in [0.25, 0.3) is 22.3 Å². The van der Waals surface area contributed by atoms with E-state index in [1.165, 1.54) is 22.1 Å². The molecule has 0 spiro atoms. The Morgan fingerprint density at radius 2 is 1.84 bits per heavy atom. The van der Waals surface area contributed by atoms with Crippen molar-refractivity contribution in [1.29, 1.82) is 0 Å². The molecule has 0 aliphatic heterocycles. The molecule has 0 amide bonds. The van der Waals surface area contributed by atoms with Crippen molar-refractivity contribution in [3.63, 3.8) is 0 Å². The van der Waals surface area contributed by atoms with Crippen molar-refractivity contribution < 1.29 is 4.42 Å². The van der Waals surface area contributed by atoms with Gasteiger partial charge >= 0.3 is 0 Å². The van der Waals surface area contributed by atoms with Gasteiger partial charge in [-0.3, -0.25) is 0 Å². The summed E-state index contributed by atoms with van der Waals surface area (Å²) in [4.78, 5) is 0. The summed E-state index contributed by atoms with van der Waals surface area (Å²) >= 11 is 3.57. The number of benzene rings is 2. The molecule has 1 nitrogen and oxygen atoms in total. The molecule has 1 heterocycles. The lowest BCUT2D eigenvalue weighted by molar-refractivity contribution is 0.619. The van der Waals surface area contributed by atoms with Gasteiger partial charge in [0, 0.05) is 26.4 Å². The van der Waals surface area contributed by atoms with E-state index >= 15 is 0 Å². The number of furan rings is 1. The van der Waals surface area contributed by atoms with Gasteiger partial charge in [0.1, 0.15) is 11.3 Å². The molecule has 0 N–H and O–H groups in total. The van der Waals surface area contributed by atoms with Gasteiger partial charge in [0.25, 0.3) is 0 Å². The molecule has 0 bridgehead atoms. The van der Waals surface area contributed by atoms with Crippen LogP contribution in [-0.2, 0) is 5.41 Å². The molecule has 1 aliphatic rings. The predicted octanol–water partition coefficient (Wildman–Crippen LogP) is 5.50. The average molecular weight is 313 g/mol. The zero-order chi connectivity index (χ0) is 13.2. The van der Waals surface area contributed by atoms with Crippen LogP contribution in [0.5, 0.6) is 0 Å². The summed E-state index contributed by atoms with van der Waals surface area (Å²) in [6.07, 6.45) is 0. The van der Waals surface area contributed by atoms with Gasteiger partial charge in [-0.15, -0.1) is 0 Å². The summed E-state index contributed by atoms with van der Waals surface area (Å²) in [6.45, 7) is 4.54. The molecule has 2 aromatic carbocycles. The maximum absolute atomic E-state index is 6.10. The summed E-state index contributed by atoms with van der Waals surface area (Å²) in [5.74, 6) is 1.04. The first-order chi connectivity index (χ1) is 9.09. The molecule has 2 heteroatoms. The van der Waals surface area contributed by atoms with Crippen molar-refractivity contribution in [1.82, 2.24) is 0 Å². The number of hydrogen-bond acceptors (Lipinski definition) is 1. The van der Waals surface area contributed by atoms with E-state index in [2.05, 4.69) is 60.1 Å². The summed E-state index contributed by atoms with van der Waals surface area (Å²) < 4.78 is 7.22. The third-order valence-electron chi connectivity index (χ3n) is 4.12. The van der Waals surface area contributed by atoms with Crippen LogP contribution >= 0.6 is 15.9 Å². The van der Waals surface area contributed by atoms with Crippen molar-refractivity contribution in [3.8, 4) is 11.3 Å². The molecule has 0 saturated carbocycles. The second kappa shape index (κ2) is 3.51.